The quantitative estimate of drug-likeness (QED) is 0.845. The normalized spacial score (nSPS) is 14.5. The number of rotatable bonds is 5. The van der Waals surface area contributed by atoms with E-state index >= 15 is 0 Å². The molecule has 0 aliphatic heterocycles. The predicted octanol–water partition coefficient (Wildman–Crippen LogP) is 1.22. The van der Waals surface area contributed by atoms with Gasteiger partial charge in [-0.3, -0.25) is 4.79 Å². The number of hydrogen-bond acceptors (Lipinski definition) is 3. The van der Waals surface area contributed by atoms with Crippen molar-refractivity contribution in [3.63, 3.8) is 0 Å². The fourth-order valence-corrected chi connectivity index (χ4v) is 2.01. The van der Waals surface area contributed by atoms with Crippen LogP contribution in [-0.4, -0.2) is 21.7 Å². The van der Waals surface area contributed by atoms with Crippen molar-refractivity contribution in [3.8, 4) is 5.69 Å². The first-order valence-corrected chi connectivity index (χ1v) is 6.40. The van der Waals surface area contributed by atoms with Crippen LogP contribution in [0.4, 0.5) is 0 Å². The summed E-state index contributed by atoms with van der Waals surface area (Å²) in [6.07, 6.45) is 5.68. The molecule has 1 fully saturated rings. The third-order valence-electron chi connectivity index (χ3n) is 3.26. The molecule has 3 N–H and O–H groups in total. The Balaban J connectivity index is 1.86. The summed E-state index contributed by atoms with van der Waals surface area (Å²) in [5, 5.41) is 7.68. The van der Waals surface area contributed by atoms with Gasteiger partial charge >= 0.3 is 0 Å². The minimum atomic E-state index is -0.458. The van der Waals surface area contributed by atoms with Gasteiger partial charge in [0, 0.05) is 18.8 Å². The number of amides is 1. The standard InChI is InChI=1S/C14H16N4O/c15-14(19)11-8-17-18(9-11)13-4-2-1-3-10(13)7-16-12-5-6-12/h1-4,8-9,12,16H,5-7H2,(H2,15,19). The topological polar surface area (TPSA) is 72.9 Å². The molecule has 19 heavy (non-hydrogen) atoms. The molecule has 5 nitrogen and oxygen atoms in total. The molecule has 0 saturated heterocycles. The Kier molecular flexibility index (Phi) is 3.05. The second kappa shape index (κ2) is 4.85. The molecular formula is C14H16N4O. The zero-order chi connectivity index (χ0) is 13.2. The van der Waals surface area contributed by atoms with Crippen molar-refractivity contribution in [1.29, 1.82) is 0 Å². The number of aromatic nitrogens is 2. The van der Waals surface area contributed by atoms with Crippen LogP contribution in [0.15, 0.2) is 36.7 Å². The van der Waals surface area contributed by atoms with Gasteiger partial charge in [0.1, 0.15) is 0 Å². The summed E-state index contributed by atoms with van der Waals surface area (Å²) < 4.78 is 1.70. The van der Waals surface area contributed by atoms with E-state index in [0.29, 0.717) is 11.6 Å². The highest BCUT2D eigenvalue weighted by molar-refractivity contribution is 5.92. The van der Waals surface area contributed by atoms with E-state index in [-0.39, 0.29) is 0 Å². The van der Waals surface area contributed by atoms with Gasteiger partial charge < -0.3 is 11.1 Å². The zero-order valence-electron chi connectivity index (χ0n) is 10.5. The maximum atomic E-state index is 11.1. The molecule has 0 bridgehead atoms. The van der Waals surface area contributed by atoms with Gasteiger partial charge in [-0.05, 0) is 24.5 Å². The average Bonchev–Trinajstić information content (AvgIpc) is 3.11. The minimum Gasteiger partial charge on any atom is -0.366 e. The Morgan fingerprint density at radius 3 is 2.89 bits per heavy atom. The minimum absolute atomic E-state index is 0.421. The summed E-state index contributed by atoms with van der Waals surface area (Å²) in [4.78, 5) is 11.1. The Morgan fingerprint density at radius 1 is 1.42 bits per heavy atom. The van der Waals surface area contributed by atoms with E-state index in [1.165, 1.54) is 19.0 Å². The number of hydrogen-bond donors (Lipinski definition) is 2. The second-order valence-electron chi connectivity index (χ2n) is 4.82. The first-order valence-electron chi connectivity index (χ1n) is 6.40. The molecule has 1 amide bonds. The number of para-hydroxylation sites is 1. The van der Waals surface area contributed by atoms with Gasteiger partial charge in [-0.2, -0.15) is 5.10 Å². The van der Waals surface area contributed by atoms with Gasteiger partial charge in [0.2, 0.25) is 0 Å². The van der Waals surface area contributed by atoms with E-state index in [1.54, 1.807) is 10.9 Å². The lowest BCUT2D eigenvalue weighted by molar-refractivity contribution is 0.100. The van der Waals surface area contributed by atoms with Crippen molar-refractivity contribution < 1.29 is 4.79 Å². The largest absolute Gasteiger partial charge is 0.366 e. The summed E-state index contributed by atoms with van der Waals surface area (Å²) in [6.45, 7) is 0.812. The maximum absolute atomic E-state index is 11.1. The number of nitrogens with two attached hydrogens (primary N) is 1. The van der Waals surface area contributed by atoms with Gasteiger partial charge in [-0.25, -0.2) is 4.68 Å². The van der Waals surface area contributed by atoms with Crippen molar-refractivity contribution in [1.82, 2.24) is 15.1 Å². The molecule has 1 aliphatic carbocycles. The SMILES string of the molecule is NC(=O)c1cnn(-c2ccccc2CNC2CC2)c1. The molecule has 1 aromatic heterocycles. The van der Waals surface area contributed by atoms with E-state index in [9.17, 15) is 4.79 Å². The number of carbonyl (C=O) groups is 1. The van der Waals surface area contributed by atoms with Gasteiger partial charge in [-0.15, -0.1) is 0 Å². The van der Waals surface area contributed by atoms with Crippen molar-refractivity contribution in [2.45, 2.75) is 25.4 Å². The molecule has 5 heteroatoms. The lowest BCUT2D eigenvalue weighted by Crippen LogP contribution is -2.17. The number of nitrogens with zero attached hydrogens (tertiary/aromatic N) is 2. The number of carbonyl (C=O) groups excluding carboxylic acids is 1. The Hall–Kier alpha value is -2.14. The van der Waals surface area contributed by atoms with Crippen molar-refractivity contribution in [2.75, 3.05) is 0 Å². The molecule has 3 rings (SSSR count). The van der Waals surface area contributed by atoms with Gasteiger partial charge in [0.05, 0.1) is 17.4 Å². The number of nitrogens with one attached hydrogen (secondary N) is 1. The molecule has 0 atom stereocenters. The van der Waals surface area contributed by atoms with E-state index in [4.69, 9.17) is 5.73 Å². The molecule has 0 unspecified atom stereocenters. The highest BCUT2D eigenvalue weighted by atomic mass is 16.1. The number of primary amides is 1. The fourth-order valence-electron chi connectivity index (χ4n) is 2.01. The van der Waals surface area contributed by atoms with Gasteiger partial charge in [0.25, 0.3) is 5.91 Å². The van der Waals surface area contributed by atoms with E-state index in [1.807, 2.05) is 18.2 Å². The summed E-state index contributed by atoms with van der Waals surface area (Å²) in [6, 6.07) is 8.68. The smallest absolute Gasteiger partial charge is 0.251 e. The van der Waals surface area contributed by atoms with Crippen LogP contribution in [0.5, 0.6) is 0 Å². The van der Waals surface area contributed by atoms with Crippen LogP contribution in [-0.2, 0) is 6.54 Å². The molecule has 1 heterocycles. The van der Waals surface area contributed by atoms with E-state index < -0.39 is 5.91 Å². The third-order valence-corrected chi connectivity index (χ3v) is 3.26. The van der Waals surface area contributed by atoms with Crippen molar-refractivity contribution >= 4 is 5.91 Å². The van der Waals surface area contributed by atoms with Crippen molar-refractivity contribution in [3.05, 3.63) is 47.8 Å². The molecule has 1 aliphatic rings. The van der Waals surface area contributed by atoms with Gasteiger partial charge in [0.15, 0.2) is 0 Å². The van der Waals surface area contributed by atoms with Crippen LogP contribution in [0.25, 0.3) is 5.69 Å². The Morgan fingerprint density at radius 2 is 2.21 bits per heavy atom. The average molecular weight is 256 g/mol. The lowest BCUT2D eigenvalue weighted by Gasteiger charge is -2.10. The van der Waals surface area contributed by atoms with Crippen LogP contribution in [0.3, 0.4) is 0 Å². The predicted molar refractivity (Wildman–Crippen MR) is 71.9 cm³/mol. The molecule has 98 valence electrons. The molecule has 0 spiro atoms. The lowest BCUT2D eigenvalue weighted by atomic mass is 10.1. The van der Waals surface area contributed by atoms with E-state index in [2.05, 4.69) is 16.5 Å². The first kappa shape index (κ1) is 11.9. The summed E-state index contributed by atoms with van der Waals surface area (Å²) in [5.74, 6) is -0.458. The van der Waals surface area contributed by atoms with Crippen LogP contribution >= 0.6 is 0 Å². The van der Waals surface area contributed by atoms with E-state index in [0.717, 1.165) is 17.8 Å². The van der Waals surface area contributed by atoms with Crippen LogP contribution in [0.1, 0.15) is 28.8 Å². The van der Waals surface area contributed by atoms with Crippen molar-refractivity contribution in [2.24, 2.45) is 5.73 Å². The Labute approximate surface area is 111 Å². The summed E-state index contributed by atoms with van der Waals surface area (Å²) in [5.41, 5.74) is 7.80. The fraction of sp³-hybridized carbons (Fsp3) is 0.286. The summed E-state index contributed by atoms with van der Waals surface area (Å²) >= 11 is 0. The monoisotopic (exact) mass is 256 g/mol. The second-order valence-corrected chi connectivity index (χ2v) is 4.82. The molecule has 1 aromatic carbocycles. The highest BCUT2D eigenvalue weighted by Crippen LogP contribution is 2.21. The Bertz CT molecular complexity index is 601. The highest BCUT2D eigenvalue weighted by Gasteiger charge is 2.20. The maximum Gasteiger partial charge on any atom is 0.251 e. The zero-order valence-corrected chi connectivity index (χ0v) is 10.5. The first-order chi connectivity index (χ1) is 9.24. The third kappa shape index (κ3) is 2.66. The number of benzene rings is 1. The molecule has 0 radical (unpaired) electrons. The molecule has 2 aromatic rings. The van der Waals surface area contributed by atoms with Crippen LogP contribution < -0.4 is 11.1 Å². The van der Waals surface area contributed by atoms with Gasteiger partial charge in [-0.1, -0.05) is 18.2 Å². The molecule has 1 saturated carbocycles. The summed E-state index contributed by atoms with van der Waals surface area (Å²) in [7, 11) is 0. The molecular weight excluding hydrogens is 240 g/mol. The van der Waals surface area contributed by atoms with Crippen LogP contribution in [0.2, 0.25) is 0 Å². The van der Waals surface area contributed by atoms with Crippen LogP contribution in [0, 0.1) is 0 Å².